The summed E-state index contributed by atoms with van der Waals surface area (Å²) in [5.74, 6) is 0. The molecule has 2 nitrogen and oxygen atoms in total. The maximum atomic E-state index is 5.82. The second-order valence-corrected chi connectivity index (χ2v) is 5.98. The Bertz CT molecular complexity index is 390. The van der Waals surface area contributed by atoms with Crippen molar-refractivity contribution in [2.45, 2.75) is 46.8 Å². The van der Waals surface area contributed by atoms with Gasteiger partial charge in [0, 0.05) is 24.8 Å². The van der Waals surface area contributed by atoms with Gasteiger partial charge in [-0.15, -0.1) is 0 Å². The fourth-order valence-electron chi connectivity index (χ4n) is 2.26. The molecular weight excluding hydrogens is 196 g/mol. The predicted molar refractivity (Wildman–Crippen MR) is 69.0 cm³/mol. The quantitative estimate of drug-likeness (QED) is 0.734. The minimum Gasteiger partial charge on any atom is -0.399 e. The summed E-state index contributed by atoms with van der Waals surface area (Å²) in [5, 5.41) is 0. The van der Waals surface area contributed by atoms with E-state index in [1.807, 2.05) is 6.07 Å². The lowest BCUT2D eigenvalue weighted by Gasteiger charge is -2.35. The molecule has 16 heavy (non-hydrogen) atoms. The number of rotatable bonds is 1. The lowest BCUT2D eigenvalue weighted by Crippen LogP contribution is -2.38. The maximum absolute atomic E-state index is 5.82. The zero-order chi connectivity index (χ0) is 11.9. The zero-order valence-corrected chi connectivity index (χ0v) is 10.7. The van der Waals surface area contributed by atoms with E-state index in [9.17, 15) is 0 Å². The monoisotopic (exact) mass is 218 g/mol. The standard InChI is InChI=1S/C14H22N2/c1-10(14(2,3)4)16-8-11-5-6-13(15)7-12(11)9-16/h5-7,10H,8-9,15H2,1-4H3. The van der Waals surface area contributed by atoms with Crippen molar-refractivity contribution in [1.29, 1.82) is 0 Å². The van der Waals surface area contributed by atoms with E-state index in [-0.39, 0.29) is 0 Å². The molecule has 1 aromatic rings. The van der Waals surface area contributed by atoms with Gasteiger partial charge >= 0.3 is 0 Å². The number of nitrogens with zero attached hydrogens (tertiary/aromatic N) is 1. The van der Waals surface area contributed by atoms with Crippen LogP contribution in [0.3, 0.4) is 0 Å². The highest BCUT2D eigenvalue weighted by atomic mass is 15.2. The summed E-state index contributed by atoms with van der Waals surface area (Å²) >= 11 is 0. The summed E-state index contributed by atoms with van der Waals surface area (Å²) < 4.78 is 0. The van der Waals surface area contributed by atoms with Crippen LogP contribution in [0, 0.1) is 5.41 Å². The highest BCUT2D eigenvalue weighted by Crippen LogP contribution is 2.32. The third kappa shape index (κ3) is 2.07. The lowest BCUT2D eigenvalue weighted by atomic mass is 9.87. The van der Waals surface area contributed by atoms with Crippen LogP contribution in [0.15, 0.2) is 18.2 Å². The van der Waals surface area contributed by atoms with Crippen molar-refractivity contribution in [3.05, 3.63) is 29.3 Å². The van der Waals surface area contributed by atoms with Gasteiger partial charge in [-0.1, -0.05) is 26.8 Å². The first-order valence-corrected chi connectivity index (χ1v) is 5.99. The van der Waals surface area contributed by atoms with Crippen molar-refractivity contribution < 1.29 is 0 Å². The maximum Gasteiger partial charge on any atom is 0.0317 e. The Kier molecular flexibility index (Phi) is 2.70. The van der Waals surface area contributed by atoms with Crippen LogP contribution in [0.1, 0.15) is 38.8 Å². The molecule has 1 aromatic carbocycles. The second kappa shape index (κ2) is 3.77. The first-order chi connectivity index (χ1) is 7.38. The Labute approximate surface area is 98.4 Å². The number of fused-ring (bicyclic) bond motifs is 1. The summed E-state index contributed by atoms with van der Waals surface area (Å²) in [7, 11) is 0. The third-order valence-electron chi connectivity index (χ3n) is 3.78. The van der Waals surface area contributed by atoms with Gasteiger partial charge < -0.3 is 5.73 Å². The first-order valence-electron chi connectivity index (χ1n) is 5.99. The highest BCUT2D eigenvalue weighted by Gasteiger charge is 2.30. The molecule has 1 heterocycles. The van der Waals surface area contributed by atoms with E-state index in [1.165, 1.54) is 11.1 Å². The summed E-state index contributed by atoms with van der Waals surface area (Å²) in [6.45, 7) is 11.3. The van der Waals surface area contributed by atoms with Gasteiger partial charge in [0.1, 0.15) is 0 Å². The molecule has 1 unspecified atom stereocenters. The average Bonchev–Trinajstić information content (AvgIpc) is 2.57. The third-order valence-corrected chi connectivity index (χ3v) is 3.78. The van der Waals surface area contributed by atoms with Crippen molar-refractivity contribution in [2.75, 3.05) is 5.73 Å². The van der Waals surface area contributed by atoms with Gasteiger partial charge in [0.2, 0.25) is 0 Å². The molecule has 0 amide bonds. The molecule has 2 heteroatoms. The van der Waals surface area contributed by atoms with E-state index in [2.05, 4.69) is 44.7 Å². The van der Waals surface area contributed by atoms with E-state index < -0.39 is 0 Å². The van der Waals surface area contributed by atoms with Crippen LogP contribution in [0.4, 0.5) is 5.69 Å². The molecule has 0 fully saturated rings. The van der Waals surface area contributed by atoms with E-state index in [0.29, 0.717) is 11.5 Å². The summed E-state index contributed by atoms with van der Waals surface area (Å²) in [5.41, 5.74) is 9.86. The van der Waals surface area contributed by atoms with Gasteiger partial charge in [-0.05, 0) is 35.6 Å². The molecule has 2 N–H and O–H groups in total. The minimum absolute atomic E-state index is 0.327. The van der Waals surface area contributed by atoms with E-state index in [1.54, 1.807) is 0 Å². The molecule has 1 atom stereocenters. The summed E-state index contributed by atoms with van der Waals surface area (Å²) in [6.07, 6.45) is 0. The normalized spacial score (nSPS) is 18.5. The summed E-state index contributed by atoms with van der Waals surface area (Å²) in [4.78, 5) is 2.53. The fourth-order valence-corrected chi connectivity index (χ4v) is 2.26. The van der Waals surface area contributed by atoms with Crippen molar-refractivity contribution in [2.24, 2.45) is 5.41 Å². The van der Waals surface area contributed by atoms with Crippen LogP contribution in [-0.2, 0) is 13.1 Å². The van der Waals surface area contributed by atoms with Gasteiger partial charge in [-0.3, -0.25) is 4.90 Å². The van der Waals surface area contributed by atoms with Crippen LogP contribution >= 0.6 is 0 Å². The Balaban J connectivity index is 2.17. The molecule has 0 aromatic heterocycles. The Morgan fingerprint density at radius 1 is 1.19 bits per heavy atom. The van der Waals surface area contributed by atoms with Crippen LogP contribution in [0.2, 0.25) is 0 Å². The van der Waals surface area contributed by atoms with Crippen LogP contribution in [0.5, 0.6) is 0 Å². The number of hydrogen-bond acceptors (Lipinski definition) is 2. The van der Waals surface area contributed by atoms with Crippen molar-refractivity contribution in [3.63, 3.8) is 0 Å². The fraction of sp³-hybridized carbons (Fsp3) is 0.571. The van der Waals surface area contributed by atoms with Gasteiger partial charge in [-0.25, -0.2) is 0 Å². The van der Waals surface area contributed by atoms with Crippen molar-refractivity contribution in [1.82, 2.24) is 4.90 Å². The molecule has 0 aliphatic carbocycles. The number of anilines is 1. The predicted octanol–water partition coefficient (Wildman–Crippen LogP) is 3.02. The van der Waals surface area contributed by atoms with Gasteiger partial charge in [0.15, 0.2) is 0 Å². The number of nitrogens with two attached hydrogens (primary N) is 1. The minimum atomic E-state index is 0.327. The molecule has 88 valence electrons. The molecule has 0 spiro atoms. The lowest BCUT2D eigenvalue weighted by molar-refractivity contribution is 0.111. The molecule has 0 radical (unpaired) electrons. The van der Waals surface area contributed by atoms with E-state index >= 15 is 0 Å². The van der Waals surface area contributed by atoms with Crippen molar-refractivity contribution in [3.8, 4) is 0 Å². The van der Waals surface area contributed by atoms with Crippen LogP contribution in [0.25, 0.3) is 0 Å². The molecule has 0 saturated heterocycles. The van der Waals surface area contributed by atoms with Gasteiger partial charge in [-0.2, -0.15) is 0 Å². The molecule has 0 saturated carbocycles. The first kappa shape index (κ1) is 11.5. The topological polar surface area (TPSA) is 29.3 Å². The molecule has 2 rings (SSSR count). The Hall–Kier alpha value is -1.02. The molecule has 1 aliphatic rings. The Morgan fingerprint density at radius 3 is 2.44 bits per heavy atom. The smallest absolute Gasteiger partial charge is 0.0317 e. The molecular formula is C14H22N2. The summed E-state index contributed by atoms with van der Waals surface area (Å²) in [6, 6.07) is 6.87. The van der Waals surface area contributed by atoms with E-state index in [4.69, 9.17) is 5.73 Å². The van der Waals surface area contributed by atoms with Crippen LogP contribution < -0.4 is 5.73 Å². The largest absolute Gasteiger partial charge is 0.399 e. The Morgan fingerprint density at radius 2 is 1.81 bits per heavy atom. The second-order valence-electron chi connectivity index (χ2n) is 5.98. The highest BCUT2D eigenvalue weighted by molar-refractivity contribution is 5.46. The number of hydrogen-bond donors (Lipinski definition) is 1. The van der Waals surface area contributed by atoms with Crippen molar-refractivity contribution >= 4 is 5.69 Å². The van der Waals surface area contributed by atoms with Gasteiger partial charge in [0.05, 0.1) is 0 Å². The number of nitrogen functional groups attached to an aromatic ring is 1. The average molecular weight is 218 g/mol. The van der Waals surface area contributed by atoms with E-state index in [0.717, 1.165) is 18.8 Å². The SMILES string of the molecule is CC(N1Cc2ccc(N)cc2C1)C(C)(C)C. The van der Waals surface area contributed by atoms with Gasteiger partial charge in [0.25, 0.3) is 0 Å². The molecule has 1 aliphatic heterocycles. The zero-order valence-electron chi connectivity index (χ0n) is 10.7. The number of benzene rings is 1. The molecule has 0 bridgehead atoms. The van der Waals surface area contributed by atoms with Crippen LogP contribution in [-0.4, -0.2) is 10.9 Å².